The summed E-state index contributed by atoms with van der Waals surface area (Å²) in [6.45, 7) is 2.37. The van der Waals surface area contributed by atoms with Gasteiger partial charge in [-0.05, 0) is 50.9 Å². The Kier molecular flexibility index (Phi) is 3.81. The molecule has 2 amide bonds. The van der Waals surface area contributed by atoms with E-state index in [9.17, 15) is 14.7 Å². The van der Waals surface area contributed by atoms with Gasteiger partial charge in [-0.15, -0.1) is 0 Å². The summed E-state index contributed by atoms with van der Waals surface area (Å²) >= 11 is 0. The number of fused-ring (bicyclic) bond motifs is 2. The summed E-state index contributed by atoms with van der Waals surface area (Å²) in [5.41, 5.74) is 0.298. The second-order valence-corrected chi connectivity index (χ2v) is 7.07. The minimum absolute atomic E-state index is 0.0576. The monoisotopic (exact) mass is 329 g/mol. The third-order valence-corrected chi connectivity index (χ3v) is 5.48. The van der Waals surface area contributed by atoms with Crippen LogP contribution in [0.3, 0.4) is 0 Å². The number of β-amino-alcohol motifs (C(OH)–C–C–N with tert-alkyl or cyclic N) is 1. The van der Waals surface area contributed by atoms with Gasteiger partial charge in [-0.2, -0.15) is 0 Å². The van der Waals surface area contributed by atoms with Gasteiger partial charge in [0.15, 0.2) is 0 Å². The number of carbonyl (C=O) groups is 2. The van der Waals surface area contributed by atoms with E-state index in [1.807, 2.05) is 18.2 Å². The summed E-state index contributed by atoms with van der Waals surface area (Å²) in [6, 6.07) is 6.88. The topological polar surface area (TPSA) is 72.9 Å². The lowest BCUT2D eigenvalue weighted by Gasteiger charge is -2.37. The quantitative estimate of drug-likeness (QED) is 0.840. The number of piperidine rings is 1. The number of rotatable bonds is 2. The SMILES string of the molecule is O=C1C2CCCN2C(=O)c2ccccc2N1CC1(O)CCNCC1. The molecule has 3 aliphatic heterocycles. The van der Waals surface area contributed by atoms with Gasteiger partial charge < -0.3 is 20.2 Å². The van der Waals surface area contributed by atoms with E-state index in [4.69, 9.17) is 0 Å². The van der Waals surface area contributed by atoms with Crippen LogP contribution in [0.1, 0.15) is 36.0 Å². The number of hydrogen-bond donors (Lipinski definition) is 2. The third kappa shape index (κ3) is 2.50. The van der Waals surface area contributed by atoms with Gasteiger partial charge in [-0.3, -0.25) is 9.59 Å². The lowest BCUT2D eigenvalue weighted by atomic mass is 9.91. The van der Waals surface area contributed by atoms with Crippen LogP contribution in [0.4, 0.5) is 5.69 Å². The molecule has 1 aromatic rings. The van der Waals surface area contributed by atoms with E-state index >= 15 is 0 Å². The number of amides is 2. The van der Waals surface area contributed by atoms with Crippen LogP contribution in [-0.4, -0.2) is 59.6 Å². The maximum absolute atomic E-state index is 13.2. The average molecular weight is 329 g/mol. The van der Waals surface area contributed by atoms with Crippen LogP contribution in [0.2, 0.25) is 0 Å². The van der Waals surface area contributed by atoms with E-state index in [1.54, 1.807) is 15.9 Å². The molecule has 24 heavy (non-hydrogen) atoms. The van der Waals surface area contributed by atoms with Crippen molar-refractivity contribution in [3.05, 3.63) is 29.8 Å². The van der Waals surface area contributed by atoms with E-state index in [0.717, 1.165) is 19.5 Å². The molecular weight excluding hydrogens is 306 g/mol. The molecule has 2 saturated heterocycles. The second kappa shape index (κ2) is 5.86. The largest absolute Gasteiger partial charge is 0.388 e. The number of nitrogens with one attached hydrogen (secondary N) is 1. The van der Waals surface area contributed by atoms with Crippen LogP contribution in [0, 0.1) is 0 Å². The molecule has 0 bridgehead atoms. The van der Waals surface area contributed by atoms with Crippen molar-refractivity contribution in [2.24, 2.45) is 0 Å². The minimum Gasteiger partial charge on any atom is -0.388 e. The van der Waals surface area contributed by atoms with Crippen LogP contribution in [0.15, 0.2) is 24.3 Å². The molecule has 3 aliphatic rings. The van der Waals surface area contributed by atoms with E-state index in [-0.39, 0.29) is 18.4 Å². The zero-order valence-corrected chi connectivity index (χ0v) is 13.7. The number of benzene rings is 1. The molecule has 0 radical (unpaired) electrons. The lowest BCUT2D eigenvalue weighted by molar-refractivity contribution is -0.123. The molecule has 1 unspecified atom stereocenters. The van der Waals surface area contributed by atoms with Gasteiger partial charge in [0.05, 0.1) is 23.4 Å². The fourth-order valence-electron chi connectivity index (χ4n) is 4.12. The Balaban J connectivity index is 1.74. The average Bonchev–Trinajstić information content (AvgIpc) is 3.06. The number of carbonyl (C=O) groups excluding carboxylic acids is 2. The summed E-state index contributed by atoms with van der Waals surface area (Å²) < 4.78 is 0. The minimum atomic E-state index is -0.898. The summed E-state index contributed by atoms with van der Waals surface area (Å²) in [7, 11) is 0. The predicted octanol–water partition coefficient (Wildman–Crippen LogP) is 0.752. The standard InChI is InChI=1S/C18H23N3O3/c22-16-13-4-1-2-5-14(13)21(12-18(24)7-9-19-10-8-18)17(23)15-6-3-11-20(15)16/h1-2,4-5,15,19,24H,3,6-12H2. The van der Waals surface area contributed by atoms with Gasteiger partial charge in [-0.1, -0.05) is 12.1 Å². The Morgan fingerprint density at radius 2 is 1.96 bits per heavy atom. The normalized spacial score (nSPS) is 26.1. The highest BCUT2D eigenvalue weighted by molar-refractivity contribution is 6.11. The van der Waals surface area contributed by atoms with Gasteiger partial charge in [0.2, 0.25) is 5.91 Å². The molecule has 0 aliphatic carbocycles. The summed E-state index contributed by atoms with van der Waals surface area (Å²) in [5.74, 6) is -0.126. The molecule has 2 N–H and O–H groups in total. The van der Waals surface area contributed by atoms with Crippen molar-refractivity contribution in [2.45, 2.75) is 37.3 Å². The van der Waals surface area contributed by atoms with Crippen LogP contribution in [0.5, 0.6) is 0 Å². The molecule has 1 atom stereocenters. The highest BCUT2D eigenvalue weighted by atomic mass is 16.3. The van der Waals surface area contributed by atoms with Gasteiger partial charge in [0, 0.05) is 6.54 Å². The molecule has 6 heteroatoms. The molecule has 128 valence electrons. The van der Waals surface area contributed by atoms with Gasteiger partial charge >= 0.3 is 0 Å². The van der Waals surface area contributed by atoms with Crippen LogP contribution >= 0.6 is 0 Å². The smallest absolute Gasteiger partial charge is 0.256 e. The highest BCUT2D eigenvalue weighted by Crippen LogP contribution is 2.34. The first-order valence-electron chi connectivity index (χ1n) is 8.74. The maximum Gasteiger partial charge on any atom is 0.256 e. The van der Waals surface area contributed by atoms with E-state index in [1.165, 1.54) is 0 Å². The van der Waals surface area contributed by atoms with Crippen molar-refractivity contribution >= 4 is 17.5 Å². The summed E-state index contributed by atoms with van der Waals surface area (Å²) in [5, 5.41) is 14.2. The highest BCUT2D eigenvalue weighted by Gasteiger charge is 2.44. The van der Waals surface area contributed by atoms with Gasteiger partial charge in [0.25, 0.3) is 5.91 Å². The van der Waals surface area contributed by atoms with Crippen molar-refractivity contribution in [3.63, 3.8) is 0 Å². The summed E-state index contributed by atoms with van der Waals surface area (Å²) in [4.78, 5) is 29.4. The number of hydrogen-bond acceptors (Lipinski definition) is 4. The van der Waals surface area contributed by atoms with Crippen molar-refractivity contribution in [1.29, 1.82) is 0 Å². The number of anilines is 1. The van der Waals surface area contributed by atoms with Crippen molar-refractivity contribution in [3.8, 4) is 0 Å². The van der Waals surface area contributed by atoms with E-state index in [0.29, 0.717) is 37.1 Å². The van der Waals surface area contributed by atoms with Crippen molar-refractivity contribution in [1.82, 2.24) is 10.2 Å². The van der Waals surface area contributed by atoms with Gasteiger partial charge in [-0.25, -0.2) is 0 Å². The molecule has 4 rings (SSSR count). The maximum atomic E-state index is 13.2. The molecule has 2 fully saturated rings. The molecular formula is C18H23N3O3. The zero-order valence-electron chi connectivity index (χ0n) is 13.7. The predicted molar refractivity (Wildman–Crippen MR) is 89.9 cm³/mol. The van der Waals surface area contributed by atoms with Crippen molar-refractivity contribution < 1.29 is 14.7 Å². The number of nitrogens with zero attached hydrogens (tertiary/aromatic N) is 2. The number of para-hydroxylation sites is 1. The Hall–Kier alpha value is -1.92. The Morgan fingerprint density at radius 3 is 2.75 bits per heavy atom. The molecule has 1 aromatic carbocycles. The van der Waals surface area contributed by atoms with Crippen LogP contribution < -0.4 is 10.2 Å². The molecule has 6 nitrogen and oxygen atoms in total. The summed E-state index contributed by atoms with van der Waals surface area (Å²) in [6.07, 6.45) is 2.78. The Bertz CT molecular complexity index is 669. The third-order valence-electron chi connectivity index (χ3n) is 5.48. The molecule has 0 saturated carbocycles. The lowest BCUT2D eigenvalue weighted by Crippen LogP contribution is -2.54. The number of aliphatic hydroxyl groups is 1. The van der Waals surface area contributed by atoms with Gasteiger partial charge in [0.1, 0.15) is 6.04 Å². The van der Waals surface area contributed by atoms with Crippen LogP contribution in [0.25, 0.3) is 0 Å². The first-order valence-corrected chi connectivity index (χ1v) is 8.74. The van der Waals surface area contributed by atoms with Crippen LogP contribution in [-0.2, 0) is 4.79 Å². The molecule has 0 spiro atoms. The van der Waals surface area contributed by atoms with E-state index in [2.05, 4.69) is 5.32 Å². The Morgan fingerprint density at radius 1 is 1.21 bits per heavy atom. The van der Waals surface area contributed by atoms with E-state index < -0.39 is 11.6 Å². The fraction of sp³-hybridized carbons (Fsp3) is 0.556. The second-order valence-electron chi connectivity index (χ2n) is 7.07. The Labute approximate surface area is 141 Å². The fourth-order valence-corrected chi connectivity index (χ4v) is 4.12. The molecule has 0 aromatic heterocycles. The first-order chi connectivity index (χ1) is 11.6. The first kappa shape index (κ1) is 15.6. The zero-order chi connectivity index (χ0) is 16.7. The van der Waals surface area contributed by atoms with Crippen molar-refractivity contribution in [2.75, 3.05) is 31.1 Å². The molecule has 3 heterocycles.